The molecule has 1 aliphatic carbocycles. The van der Waals surface area contributed by atoms with E-state index in [0.717, 1.165) is 28.8 Å². The topological polar surface area (TPSA) is 20.2 Å². The lowest BCUT2D eigenvalue weighted by molar-refractivity contribution is 0.0756. The third-order valence-electron chi connectivity index (χ3n) is 3.78. The molecule has 1 atom stereocenters. The number of benzene rings is 1. The molecule has 94 valence electrons. The molecule has 0 spiro atoms. The minimum atomic E-state index is -0.424. The average Bonchev–Trinajstić information content (AvgIpc) is 2.32. The normalized spacial score (nSPS) is 26.8. The molecule has 0 radical (unpaired) electrons. The minimum Gasteiger partial charge on any atom is -0.388 e. The van der Waals surface area contributed by atoms with E-state index in [4.69, 9.17) is 11.6 Å². The van der Waals surface area contributed by atoms with Crippen LogP contribution < -0.4 is 0 Å². The van der Waals surface area contributed by atoms with E-state index < -0.39 is 6.10 Å². The van der Waals surface area contributed by atoms with Crippen LogP contribution in [0.4, 0.5) is 0 Å². The second kappa shape index (κ2) is 5.73. The smallest absolute Gasteiger partial charge is 0.0832 e. The van der Waals surface area contributed by atoms with Crippen molar-refractivity contribution in [3.63, 3.8) is 0 Å². The molecule has 1 aliphatic rings. The Morgan fingerprint density at radius 2 is 1.94 bits per heavy atom. The van der Waals surface area contributed by atoms with Gasteiger partial charge >= 0.3 is 0 Å². The maximum absolute atomic E-state index is 10.4. The van der Waals surface area contributed by atoms with E-state index in [9.17, 15) is 5.11 Å². The SMILES string of the molecule is CC1CCC(C(O)c2cc(Br)ccc2Cl)CC1. The summed E-state index contributed by atoms with van der Waals surface area (Å²) in [5.74, 6) is 1.16. The zero-order valence-electron chi connectivity index (χ0n) is 10.00. The number of aliphatic hydroxyl groups is 1. The van der Waals surface area contributed by atoms with Gasteiger partial charge in [0.15, 0.2) is 0 Å². The maximum atomic E-state index is 10.4. The van der Waals surface area contributed by atoms with E-state index >= 15 is 0 Å². The van der Waals surface area contributed by atoms with Gasteiger partial charge in [-0.3, -0.25) is 0 Å². The minimum absolute atomic E-state index is 0.359. The van der Waals surface area contributed by atoms with E-state index in [2.05, 4.69) is 22.9 Å². The molecule has 1 fully saturated rings. The highest BCUT2D eigenvalue weighted by molar-refractivity contribution is 9.10. The predicted octanol–water partition coefficient (Wildman–Crippen LogP) is 4.96. The second-order valence-corrected chi connectivity index (χ2v) is 6.45. The monoisotopic (exact) mass is 316 g/mol. The van der Waals surface area contributed by atoms with Crippen molar-refractivity contribution in [3.8, 4) is 0 Å². The van der Waals surface area contributed by atoms with Gasteiger partial charge in [-0.15, -0.1) is 0 Å². The van der Waals surface area contributed by atoms with Crippen LogP contribution in [0.1, 0.15) is 44.3 Å². The van der Waals surface area contributed by atoms with Gasteiger partial charge in [-0.1, -0.05) is 47.3 Å². The Morgan fingerprint density at radius 1 is 1.29 bits per heavy atom. The Balaban J connectivity index is 2.13. The number of halogens is 2. The van der Waals surface area contributed by atoms with Crippen LogP contribution in [0.2, 0.25) is 5.02 Å². The fourth-order valence-electron chi connectivity index (χ4n) is 2.60. The van der Waals surface area contributed by atoms with Crippen molar-refractivity contribution in [2.45, 2.75) is 38.7 Å². The average molecular weight is 318 g/mol. The van der Waals surface area contributed by atoms with Gasteiger partial charge in [-0.05, 0) is 42.9 Å². The lowest BCUT2D eigenvalue weighted by Crippen LogP contribution is -2.19. The van der Waals surface area contributed by atoms with Gasteiger partial charge in [0.05, 0.1) is 6.10 Å². The molecule has 1 N–H and O–H groups in total. The summed E-state index contributed by atoms with van der Waals surface area (Å²) >= 11 is 9.59. The standard InChI is InChI=1S/C14H18BrClO/c1-9-2-4-10(5-3-9)14(17)12-8-11(15)6-7-13(12)16/h6-10,14,17H,2-5H2,1H3. The van der Waals surface area contributed by atoms with E-state index in [0.29, 0.717) is 10.9 Å². The first-order valence-electron chi connectivity index (χ1n) is 6.21. The predicted molar refractivity (Wildman–Crippen MR) is 75.2 cm³/mol. The summed E-state index contributed by atoms with van der Waals surface area (Å²) in [4.78, 5) is 0. The van der Waals surface area contributed by atoms with Crippen LogP contribution in [0.3, 0.4) is 0 Å². The van der Waals surface area contributed by atoms with Crippen LogP contribution >= 0.6 is 27.5 Å². The maximum Gasteiger partial charge on any atom is 0.0832 e. The highest BCUT2D eigenvalue weighted by Crippen LogP contribution is 2.39. The van der Waals surface area contributed by atoms with Crippen molar-refractivity contribution in [2.75, 3.05) is 0 Å². The molecule has 0 bridgehead atoms. The Morgan fingerprint density at radius 3 is 2.59 bits per heavy atom. The highest BCUT2D eigenvalue weighted by atomic mass is 79.9. The molecule has 3 heteroatoms. The summed E-state index contributed by atoms with van der Waals surface area (Å²) in [7, 11) is 0. The van der Waals surface area contributed by atoms with Crippen molar-refractivity contribution in [1.29, 1.82) is 0 Å². The molecular weight excluding hydrogens is 300 g/mol. The van der Waals surface area contributed by atoms with Gasteiger partial charge in [-0.25, -0.2) is 0 Å². The zero-order chi connectivity index (χ0) is 12.4. The zero-order valence-corrected chi connectivity index (χ0v) is 12.3. The quantitative estimate of drug-likeness (QED) is 0.817. The Labute approximate surface area is 116 Å². The summed E-state index contributed by atoms with van der Waals surface area (Å²) < 4.78 is 0.972. The van der Waals surface area contributed by atoms with E-state index in [1.165, 1.54) is 12.8 Å². The third-order valence-corrected chi connectivity index (χ3v) is 4.62. The Hall–Kier alpha value is -0.0500. The molecule has 1 aromatic carbocycles. The van der Waals surface area contributed by atoms with Crippen LogP contribution in [-0.2, 0) is 0 Å². The fourth-order valence-corrected chi connectivity index (χ4v) is 3.20. The first-order chi connectivity index (χ1) is 8.08. The van der Waals surface area contributed by atoms with Gasteiger partial charge in [-0.2, -0.15) is 0 Å². The van der Waals surface area contributed by atoms with Crippen LogP contribution in [0.15, 0.2) is 22.7 Å². The van der Waals surface area contributed by atoms with Crippen molar-refractivity contribution in [3.05, 3.63) is 33.3 Å². The first kappa shape index (κ1) is 13.4. The molecule has 1 saturated carbocycles. The largest absolute Gasteiger partial charge is 0.388 e. The van der Waals surface area contributed by atoms with Gasteiger partial charge in [0, 0.05) is 15.1 Å². The van der Waals surface area contributed by atoms with Crippen LogP contribution in [-0.4, -0.2) is 5.11 Å². The molecule has 2 rings (SSSR count). The fraction of sp³-hybridized carbons (Fsp3) is 0.571. The molecule has 0 saturated heterocycles. The molecule has 0 aliphatic heterocycles. The lowest BCUT2D eigenvalue weighted by atomic mass is 9.78. The molecule has 1 nitrogen and oxygen atoms in total. The molecule has 0 heterocycles. The van der Waals surface area contributed by atoms with E-state index in [1.54, 1.807) is 0 Å². The van der Waals surface area contributed by atoms with Crippen LogP contribution in [0, 0.1) is 11.8 Å². The molecular formula is C14H18BrClO. The van der Waals surface area contributed by atoms with Crippen molar-refractivity contribution in [1.82, 2.24) is 0 Å². The Bertz CT molecular complexity index is 386. The summed E-state index contributed by atoms with van der Waals surface area (Å²) in [5, 5.41) is 11.1. The van der Waals surface area contributed by atoms with Crippen molar-refractivity contribution in [2.24, 2.45) is 11.8 Å². The first-order valence-corrected chi connectivity index (χ1v) is 7.38. The summed E-state index contributed by atoms with van der Waals surface area (Å²) in [6, 6.07) is 5.68. The molecule has 0 amide bonds. The van der Waals surface area contributed by atoms with E-state index in [-0.39, 0.29) is 0 Å². The molecule has 17 heavy (non-hydrogen) atoms. The molecule has 1 aromatic rings. The van der Waals surface area contributed by atoms with Crippen LogP contribution in [0.5, 0.6) is 0 Å². The van der Waals surface area contributed by atoms with Gasteiger partial charge < -0.3 is 5.11 Å². The number of aliphatic hydroxyl groups excluding tert-OH is 1. The summed E-state index contributed by atoms with van der Waals surface area (Å²) in [6.45, 7) is 2.29. The second-order valence-electron chi connectivity index (χ2n) is 5.13. The molecule has 1 unspecified atom stereocenters. The van der Waals surface area contributed by atoms with Crippen molar-refractivity contribution < 1.29 is 5.11 Å². The number of rotatable bonds is 2. The van der Waals surface area contributed by atoms with Crippen molar-refractivity contribution >= 4 is 27.5 Å². The van der Waals surface area contributed by atoms with Gasteiger partial charge in [0.2, 0.25) is 0 Å². The van der Waals surface area contributed by atoms with Gasteiger partial charge in [0.25, 0.3) is 0 Å². The van der Waals surface area contributed by atoms with Crippen LogP contribution in [0.25, 0.3) is 0 Å². The molecule has 0 aromatic heterocycles. The number of hydrogen-bond donors (Lipinski definition) is 1. The highest BCUT2D eigenvalue weighted by Gasteiger charge is 2.26. The third kappa shape index (κ3) is 3.24. The van der Waals surface area contributed by atoms with E-state index in [1.807, 2.05) is 18.2 Å². The Kier molecular flexibility index (Phi) is 4.51. The lowest BCUT2D eigenvalue weighted by Gasteiger charge is -2.30. The summed E-state index contributed by atoms with van der Waals surface area (Å²) in [5.41, 5.74) is 0.862. The van der Waals surface area contributed by atoms with Gasteiger partial charge in [0.1, 0.15) is 0 Å². The summed E-state index contributed by atoms with van der Waals surface area (Å²) in [6.07, 6.45) is 4.21. The number of hydrogen-bond acceptors (Lipinski definition) is 1.